The van der Waals surface area contributed by atoms with Gasteiger partial charge in [-0.1, -0.05) is 24.3 Å². The lowest BCUT2D eigenvalue weighted by Gasteiger charge is -2.23. The molecule has 0 heterocycles. The molecule has 2 aromatic rings. The van der Waals surface area contributed by atoms with Gasteiger partial charge in [0.05, 0.1) is 4.90 Å². The molecule has 2 aliphatic carbocycles. The number of hydrogen-bond donors (Lipinski definition) is 1. The van der Waals surface area contributed by atoms with Crippen molar-refractivity contribution >= 4 is 15.9 Å². The lowest BCUT2D eigenvalue weighted by atomic mass is 10.1. The maximum atomic E-state index is 14.0. The zero-order valence-electron chi connectivity index (χ0n) is 14.8. The van der Waals surface area contributed by atoms with Crippen LogP contribution in [0.4, 0.5) is 4.39 Å². The Morgan fingerprint density at radius 1 is 1.07 bits per heavy atom. The van der Waals surface area contributed by atoms with E-state index in [1.807, 2.05) is 0 Å². The average Bonchev–Trinajstić information content (AvgIpc) is 3.55. The number of amides is 1. The third-order valence-electron chi connectivity index (χ3n) is 4.84. The Bertz CT molecular complexity index is 969. The lowest BCUT2D eigenvalue weighted by molar-refractivity contribution is 0.0728. The van der Waals surface area contributed by atoms with E-state index < -0.39 is 10.0 Å². The molecule has 2 saturated carbocycles. The molecule has 0 atom stereocenters. The minimum atomic E-state index is -3.63. The molecule has 0 saturated heterocycles. The Morgan fingerprint density at radius 3 is 2.48 bits per heavy atom. The van der Waals surface area contributed by atoms with E-state index in [-0.39, 0.29) is 35.2 Å². The van der Waals surface area contributed by atoms with Gasteiger partial charge in [0.25, 0.3) is 5.91 Å². The minimum absolute atomic E-state index is 0.00150. The van der Waals surface area contributed by atoms with Crippen molar-refractivity contribution in [2.45, 2.75) is 49.2 Å². The molecule has 27 heavy (non-hydrogen) atoms. The van der Waals surface area contributed by atoms with Crippen molar-refractivity contribution in [1.82, 2.24) is 9.62 Å². The zero-order valence-corrected chi connectivity index (χ0v) is 15.6. The van der Waals surface area contributed by atoms with E-state index in [4.69, 9.17) is 0 Å². The van der Waals surface area contributed by atoms with Crippen molar-refractivity contribution in [3.8, 4) is 0 Å². The molecule has 2 aliphatic rings. The quantitative estimate of drug-likeness (QED) is 0.793. The highest BCUT2D eigenvalue weighted by molar-refractivity contribution is 7.89. The molecule has 0 radical (unpaired) electrons. The molecule has 2 fully saturated rings. The number of nitrogens with one attached hydrogen (secondary N) is 1. The van der Waals surface area contributed by atoms with Crippen LogP contribution in [0.25, 0.3) is 0 Å². The van der Waals surface area contributed by atoms with E-state index in [0.717, 1.165) is 25.7 Å². The van der Waals surface area contributed by atoms with Gasteiger partial charge in [-0.25, -0.2) is 17.5 Å². The summed E-state index contributed by atoms with van der Waals surface area (Å²) in [5.41, 5.74) is 0.758. The van der Waals surface area contributed by atoms with Gasteiger partial charge in [-0.2, -0.15) is 0 Å². The topological polar surface area (TPSA) is 66.5 Å². The van der Waals surface area contributed by atoms with Crippen LogP contribution < -0.4 is 4.72 Å². The van der Waals surface area contributed by atoms with Crippen molar-refractivity contribution in [3.05, 3.63) is 65.5 Å². The normalized spacial score (nSPS) is 16.9. The number of sulfonamides is 1. The molecule has 1 N–H and O–H groups in total. The van der Waals surface area contributed by atoms with E-state index in [0.29, 0.717) is 11.1 Å². The molecule has 4 rings (SSSR count). The van der Waals surface area contributed by atoms with Gasteiger partial charge in [-0.15, -0.1) is 0 Å². The van der Waals surface area contributed by atoms with E-state index in [2.05, 4.69) is 4.72 Å². The first kappa shape index (κ1) is 18.1. The van der Waals surface area contributed by atoms with Crippen LogP contribution in [0.5, 0.6) is 0 Å². The van der Waals surface area contributed by atoms with Crippen molar-refractivity contribution in [2.24, 2.45) is 0 Å². The molecule has 2 aromatic carbocycles. The maximum Gasteiger partial charge on any atom is 0.254 e. The first-order chi connectivity index (χ1) is 12.9. The summed E-state index contributed by atoms with van der Waals surface area (Å²) in [4.78, 5) is 14.8. The molecule has 0 aromatic heterocycles. The largest absolute Gasteiger partial charge is 0.331 e. The SMILES string of the molecule is O=C(c1cccc(S(=O)(=O)NC2CC2)c1)N(Cc1ccccc1F)C1CC1. The van der Waals surface area contributed by atoms with Crippen molar-refractivity contribution in [3.63, 3.8) is 0 Å². The van der Waals surface area contributed by atoms with Gasteiger partial charge in [0, 0.05) is 29.8 Å². The van der Waals surface area contributed by atoms with Gasteiger partial charge >= 0.3 is 0 Å². The van der Waals surface area contributed by atoms with Crippen LogP contribution in [0.2, 0.25) is 0 Å². The predicted molar refractivity (Wildman–Crippen MR) is 99.1 cm³/mol. The average molecular weight is 388 g/mol. The molecule has 0 spiro atoms. The maximum absolute atomic E-state index is 14.0. The summed E-state index contributed by atoms with van der Waals surface area (Å²) in [5.74, 6) is -0.620. The standard InChI is InChI=1S/C20H21FN2O3S/c21-19-7-2-1-4-15(19)13-23(17-10-11-17)20(24)14-5-3-6-18(12-14)27(25,26)22-16-8-9-16/h1-7,12,16-17,22H,8-11,13H2. The minimum Gasteiger partial charge on any atom is -0.331 e. The highest BCUT2D eigenvalue weighted by atomic mass is 32.2. The number of hydrogen-bond acceptors (Lipinski definition) is 3. The second kappa shape index (κ2) is 7.05. The number of carbonyl (C=O) groups excluding carboxylic acids is 1. The summed E-state index contributed by atoms with van der Waals surface area (Å²) < 4.78 is 41.5. The highest BCUT2D eigenvalue weighted by Crippen LogP contribution is 2.31. The van der Waals surface area contributed by atoms with Crippen LogP contribution in [0, 0.1) is 5.82 Å². The summed E-state index contributed by atoms with van der Waals surface area (Å²) >= 11 is 0. The number of nitrogens with zero attached hydrogens (tertiary/aromatic N) is 1. The van der Waals surface area contributed by atoms with Gasteiger partial charge in [0.1, 0.15) is 5.82 Å². The monoisotopic (exact) mass is 388 g/mol. The van der Waals surface area contributed by atoms with E-state index in [1.165, 1.54) is 18.2 Å². The van der Waals surface area contributed by atoms with Crippen molar-refractivity contribution < 1.29 is 17.6 Å². The van der Waals surface area contributed by atoms with Crippen LogP contribution in [0.1, 0.15) is 41.6 Å². The van der Waals surface area contributed by atoms with Crippen LogP contribution in [0.3, 0.4) is 0 Å². The van der Waals surface area contributed by atoms with Gasteiger partial charge in [0.15, 0.2) is 0 Å². The molecule has 0 aliphatic heterocycles. The molecule has 5 nitrogen and oxygen atoms in total. The van der Waals surface area contributed by atoms with Crippen LogP contribution >= 0.6 is 0 Å². The zero-order chi connectivity index (χ0) is 19.0. The lowest BCUT2D eigenvalue weighted by Crippen LogP contribution is -2.33. The van der Waals surface area contributed by atoms with Crippen LogP contribution in [0.15, 0.2) is 53.4 Å². The van der Waals surface area contributed by atoms with Crippen LogP contribution in [-0.2, 0) is 16.6 Å². The van der Waals surface area contributed by atoms with Gasteiger partial charge in [0.2, 0.25) is 10.0 Å². The molecule has 0 unspecified atom stereocenters. The van der Waals surface area contributed by atoms with Gasteiger partial charge < -0.3 is 4.90 Å². The Balaban J connectivity index is 1.58. The van der Waals surface area contributed by atoms with E-state index >= 15 is 0 Å². The van der Waals surface area contributed by atoms with E-state index in [9.17, 15) is 17.6 Å². The molecule has 7 heteroatoms. The predicted octanol–water partition coefficient (Wildman–Crippen LogP) is 3.07. The van der Waals surface area contributed by atoms with Gasteiger partial charge in [-0.05, 0) is 49.9 Å². The summed E-state index contributed by atoms with van der Waals surface area (Å²) in [6, 6.07) is 12.5. The Labute approximate surface area is 158 Å². The smallest absolute Gasteiger partial charge is 0.254 e. The first-order valence-electron chi connectivity index (χ1n) is 9.11. The number of benzene rings is 2. The summed E-state index contributed by atoms with van der Waals surface area (Å²) in [5, 5.41) is 0. The molecular weight excluding hydrogens is 367 g/mol. The van der Waals surface area contributed by atoms with Crippen LogP contribution in [-0.4, -0.2) is 31.3 Å². The Kier molecular flexibility index (Phi) is 4.74. The summed E-state index contributed by atoms with van der Waals surface area (Å²) in [6.45, 7) is 0.174. The number of carbonyl (C=O) groups is 1. The summed E-state index contributed by atoms with van der Waals surface area (Å²) in [6.07, 6.45) is 3.44. The Morgan fingerprint density at radius 2 is 1.81 bits per heavy atom. The molecule has 142 valence electrons. The summed E-state index contributed by atoms with van der Waals surface area (Å²) in [7, 11) is -3.63. The fraction of sp³-hybridized carbons (Fsp3) is 0.350. The fourth-order valence-electron chi connectivity index (χ4n) is 3.01. The molecule has 1 amide bonds. The van der Waals surface area contributed by atoms with Crippen molar-refractivity contribution in [1.29, 1.82) is 0 Å². The third kappa shape index (κ3) is 4.20. The second-order valence-corrected chi connectivity index (χ2v) is 8.89. The van der Waals surface area contributed by atoms with Crippen molar-refractivity contribution in [2.75, 3.05) is 0 Å². The number of halogens is 1. The third-order valence-corrected chi connectivity index (χ3v) is 6.36. The highest BCUT2D eigenvalue weighted by Gasteiger charge is 2.34. The molecular formula is C20H21FN2O3S. The number of rotatable bonds is 7. The van der Waals surface area contributed by atoms with Gasteiger partial charge in [-0.3, -0.25) is 4.79 Å². The second-order valence-electron chi connectivity index (χ2n) is 7.18. The van der Waals surface area contributed by atoms with E-state index in [1.54, 1.807) is 35.2 Å². The Hall–Kier alpha value is -2.25. The molecule has 0 bridgehead atoms. The first-order valence-corrected chi connectivity index (χ1v) is 10.6. The fourth-order valence-corrected chi connectivity index (χ4v) is 4.36.